The van der Waals surface area contributed by atoms with Crippen LogP contribution in [-0.4, -0.2) is 23.2 Å². The molecule has 2 amide bonds. The predicted molar refractivity (Wildman–Crippen MR) is 109 cm³/mol. The monoisotopic (exact) mass is 398 g/mol. The highest BCUT2D eigenvalue weighted by atomic mass is 32.1. The highest BCUT2D eigenvalue weighted by Crippen LogP contribution is 2.24. The summed E-state index contributed by atoms with van der Waals surface area (Å²) in [6.45, 7) is 0. The van der Waals surface area contributed by atoms with E-state index in [1.54, 1.807) is 49.6 Å². The van der Waals surface area contributed by atoms with E-state index in [0.29, 0.717) is 16.2 Å². The number of fused-ring (bicyclic) bond motifs is 1. The standard InChI is InChI=1S/C17H14N6O2S2/c1-25-12-5-2-10(3-6-12)20-17(26)23-22-16(24)19-11-4-7-13-14(8-11)27-15(9-18)21-13/h2-8H,1H3,(H2,19,22,24)(H2,20,23,26). The number of thiocarbonyl (C=S) groups is 1. The third-order valence-electron chi connectivity index (χ3n) is 3.38. The molecule has 0 aliphatic heterocycles. The lowest BCUT2D eigenvalue weighted by Gasteiger charge is -2.12. The lowest BCUT2D eigenvalue weighted by Crippen LogP contribution is -2.45. The molecule has 4 N–H and O–H groups in total. The lowest BCUT2D eigenvalue weighted by molar-refractivity contribution is 0.250. The van der Waals surface area contributed by atoms with Crippen LogP contribution in [0.2, 0.25) is 0 Å². The van der Waals surface area contributed by atoms with E-state index in [2.05, 4.69) is 26.5 Å². The maximum absolute atomic E-state index is 12.0. The Kier molecular flexibility index (Phi) is 5.65. The van der Waals surface area contributed by atoms with Crippen molar-refractivity contribution in [3.05, 3.63) is 47.5 Å². The number of aromatic nitrogens is 1. The predicted octanol–water partition coefficient (Wildman–Crippen LogP) is 3.20. The second kappa shape index (κ2) is 8.31. The van der Waals surface area contributed by atoms with Gasteiger partial charge in [0.05, 0.1) is 17.3 Å². The molecule has 0 bridgehead atoms. The van der Waals surface area contributed by atoms with Crippen molar-refractivity contribution in [1.82, 2.24) is 15.8 Å². The number of rotatable bonds is 3. The van der Waals surface area contributed by atoms with E-state index in [4.69, 9.17) is 22.2 Å². The van der Waals surface area contributed by atoms with Crippen LogP contribution in [-0.2, 0) is 0 Å². The molecular formula is C17H14N6O2S2. The van der Waals surface area contributed by atoms with Crippen LogP contribution in [0.3, 0.4) is 0 Å². The fourth-order valence-corrected chi connectivity index (χ4v) is 3.13. The van der Waals surface area contributed by atoms with Crippen LogP contribution in [0.4, 0.5) is 16.2 Å². The molecule has 0 radical (unpaired) electrons. The smallest absolute Gasteiger partial charge is 0.337 e. The molecule has 136 valence electrons. The maximum Gasteiger partial charge on any atom is 0.337 e. The number of ether oxygens (including phenoxy) is 1. The Morgan fingerprint density at radius 3 is 2.59 bits per heavy atom. The van der Waals surface area contributed by atoms with Crippen molar-refractivity contribution in [3.8, 4) is 11.8 Å². The molecule has 3 aromatic rings. The minimum absolute atomic E-state index is 0.229. The zero-order valence-electron chi connectivity index (χ0n) is 14.1. The molecule has 0 unspecified atom stereocenters. The first-order chi connectivity index (χ1) is 13.1. The van der Waals surface area contributed by atoms with Crippen LogP contribution in [0, 0.1) is 11.3 Å². The second-order valence-electron chi connectivity index (χ2n) is 5.20. The Hall–Kier alpha value is -3.42. The van der Waals surface area contributed by atoms with Crippen LogP contribution in [0.5, 0.6) is 5.75 Å². The van der Waals surface area contributed by atoms with Gasteiger partial charge in [0.1, 0.15) is 11.8 Å². The van der Waals surface area contributed by atoms with Crippen LogP contribution in [0.15, 0.2) is 42.5 Å². The van der Waals surface area contributed by atoms with Crippen LogP contribution in [0.25, 0.3) is 10.2 Å². The SMILES string of the molecule is COc1ccc(NC(=S)NNC(=O)Nc2ccc3nc(C#N)sc3c2)cc1. The number of hydrogen-bond donors (Lipinski definition) is 4. The fraction of sp³-hybridized carbons (Fsp3) is 0.0588. The summed E-state index contributed by atoms with van der Waals surface area (Å²) in [5, 5.41) is 15.1. The topological polar surface area (TPSA) is 111 Å². The number of anilines is 2. The lowest BCUT2D eigenvalue weighted by atomic mass is 10.3. The molecule has 0 aliphatic rings. The number of carbonyl (C=O) groups excluding carboxylic acids is 1. The van der Waals surface area contributed by atoms with Gasteiger partial charge < -0.3 is 15.4 Å². The number of nitriles is 1. The Balaban J connectivity index is 1.51. The first kappa shape index (κ1) is 18.4. The number of benzene rings is 2. The Morgan fingerprint density at radius 1 is 1.15 bits per heavy atom. The van der Waals surface area contributed by atoms with Gasteiger partial charge in [0, 0.05) is 11.4 Å². The van der Waals surface area contributed by atoms with Gasteiger partial charge in [0.2, 0.25) is 0 Å². The summed E-state index contributed by atoms with van der Waals surface area (Å²) in [6.07, 6.45) is 0. The van der Waals surface area contributed by atoms with E-state index in [1.165, 1.54) is 11.3 Å². The summed E-state index contributed by atoms with van der Waals surface area (Å²) in [5.41, 5.74) is 7.09. The zero-order chi connectivity index (χ0) is 19.2. The number of nitrogens with zero attached hydrogens (tertiary/aromatic N) is 2. The number of hydrogen-bond acceptors (Lipinski definition) is 6. The number of urea groups is 1. The van der Waals surface area contributed by atoms with E-state index in [-0.39, 0.29) is 5.11 Å². The maximum atomic E-state index is 12.0. The molecule has 0 saturated heterocycles. The number of hydrazine groups is 1. The average molecular weight is 398 g/mol. The van der Waals surface area contributed by atoms with Crippen molar-refractivity contribution in [2.24, 2.45) is 0 Å². The largest absolute Gasteiger partial charge is 0.497 e. The molecule has 0 fully saturated rings. The van der Waals surface area contributed by atoms with Gasteiger partial charge in [-0.3, -0.25) is 5.43 Å². The molecule has 2 aromatic carbocycles. The molecule has 27 heavy (non-hydrogen) atoms. The molecule has 0 saturated carbocycles. The van der Waals surface area contributed by atoms with Crippen LogP contribution in [0.1, 0.15) is 5.01 Å². The van der Waals surface area contributed by atoms with E-state index in [1.807, 2.05) is 6.07 Å². The number of carbonyl (C=O) groups is 1. The summed E-state index contributed by atoms with van der Waals surface area (Å²) < 4.78 is 5.90. The van der Waals surface area contributed by atoms with Gasteiger partial charge >= 0.3 is 6.03 Å². The number of thiazole rings is 1. The van der Waals surface area contributed by atoms with Crippen molar-refractivity contribution in [2.75, 3.05) is 17.7 Å². The molecule has 3 rings (SSSR count). The zero-order valence-corrected chi connectivity index (χ0v) is 15.7. The van der Waals surface area contributed by atoms with Crippen molar-refractivity contribution >= 4 is 56.3 Å². The molecule has 0 atom stereocenters. The molecule has 8 nitrogen and oxygen atoms in total. The Bertz CT molecular complexity index is 1030. The normalized spacial score (nSPS) is 9.93. The van der Waals surface area contributed by atoms with Gasteiger partial charge in [0.25, 0.3) is 0 Å². The second-order valence-corrected chi connectivity index (χ2v) is 6.64. The molecular weight excluding hydrogens is 384 g/mol. The van der Waals surface area contributed by atoms with Gasteiger partial charge in [-0.25, -0.2) is 15.2 Å². The summed E-state index contributed by atoms with van der Waals surface area (Å²) in [7, 11) is 1.59. The average Bonchev–Trinajstić information content (AvgIpc) is 3.09. The summed E-state index contributed by atoms with van der Waals surface area (Å²) in [6, 6.07) is 13.9. The van der Waals surface area contributed by atoms with Crippen LogP contribution >= 0.6 is 23.6 Å². The minimum atomic E-state index is -0.488. The summed E-state index contributed by atoms with van der Waals surface area (Å²) in [5.74, 6) is 0.733. The van der Waals surface area contributed by atoms with Gasteiger partial charge in [-0.1, -0.05) is 0 Å². The first-order valence-corrected chi connectivity index (χ1v) is 8.88. The number of amides is 2. The number of methoxy groups -OCH3 is 1. The first-order valence-electron chi connectivity index (χ1n) is 7.66. The van der Waals surface area contributed by atoms with Gasteiger partial charge in [-0.2, -0.15) is 5.26 Å². The highest BCUT2D eigenvalue weighted by molar-refractivity contribution is 7.80. The van der Waals surface area contributed by atoms with Crippen LogP contribution < -0.4 is 26.2 Å². The molecule has 0 spiro atoms. The highest BCUT2D eigenvalue weighted by Gasteiger charge is 2.07. The Labute approximate surface area is 164 Å². The van der Waals surface area contributed by atoms with E-state index >= 15 is 0 Å². The van der Waals surface area contributed by atoms with Crippen molar-refractivity contribution in [2.45, 2.75) is 0 Å². The third kappa shape index (κ3) is 4.81. The van der Waals surface area contributed by atoms with Crippen molar-refractivity contribution in [3.63, 3.8) is 0 Å². The molecule has 1 heterocycles. The minimum Gasteiger partial charge on any atom is -0.497 e. The quantitative estimate of drug-likeness (QED) is 0.396. The molecule has 1 aromatic heterocycles. The van der Waals surface area contributed by atoms with Gasteiger partial charge in [0.15, 0.2) is 10.1 Å². The van der Waals surface area contributed by atoms with E-state index < -0.39 is 6.03 Å². The van der Waals surface area contributed by atoms with Gasteiger partial charge in [-0.15, -0.1) is 11.3 Å². The van der Waals surface area contributed by atoms with E-state index in [0.717, 1.165) is 16.1 Å². The van der Waals surface area contributed by atoms with Crippen molar-refractivity contribution in [1.29, 1.82) is 5.26 Å². The Morgan fingerprint density at radius 2 is 1.89 bits per heavy atom. The van der Waals surface area contributed by atoms with Crippen molar-refractivity contribution < 1.29 is 9.53 Å². The number of nitrogens with one attached hydrogen (secondary N) is 4. The third-order valence-corrected chi connectivity index (χ3v) is 4.51. The summed E-state index contributed by atoms with van der Waals surface area (Å²) in [4.78, 5) is 16.1. The summed E-state index contributed by atoms with van der Waals surface area (Å²) >= 11 is 6.39. The molecule has 0 aliphatic carbocycles. The molecule has 10 heteroatoms. The fourth-order valence-electron chi connectivity index (χ4n) is 2.16. The van der Waals surface area contributed by atoms with Gasteiger partial charge in [-0.05, 0) is 54.7 Å². The van der Waals surface area contributed by atoms with E-state index in [9.17, 15) is 4.79 Å².